The van der Waals surface area contributed by atoms with E-state index in [0.717, 1.165) is 18.5 Å². The Balaban J connectivity index is 1.84. The predicted octanol–water partition coefficient (Wildman–Crippen LogP) is 4.01. The second kappa shape index (κ2) is 8.58. The monoisotopic (exact) mass is 386 g/mol. The van der Waals surface area contributed by atoms with Gasteiger partial charge < -0.3 is 19.5 Å². The molecule has 0 saturated heterocycles. The molecule has 3 rings (SSSR count). The lowest BCUT2D eigenvalue weighted by Gasteiger charge is -2.38. The van der Waals surface area contributed by atoms with Crippen molar-refractivity contribution < 1.29 is 19.1 Å². The topological polar surface area (TPSA) is 82.9 Å². The van der Waals surface area contributed by atoms with Crippen LogP contribution >= 0.6 is 0 Å². The van der Waals surface area contributed by atoms with Crippen molar-refractivity contribution in [3.05, 3.63) is 63.7 Å². The van der Waals surface area contributed by atoms with Gasteiger partial charge in [-0.2, -0.15) is 0 Å². The number of nitro groups is 1. The molecule has 0 saturated carbocycles. The van der Waals surface area contributed by atoms with Gasteiger partial charge in [0.15, 0.2) is 6.79 Å². The van der Waals surface area contributed by atoms with Crippen LogP contribution in [0.15, 0.2) is 42.5 Å². The first-order valence-electron chi connectivity index (χ1n) is 9.30. The third-order valence-corrected chi connectivity index (χ3v) is 4.72. The first kappa shape index (κ1) is 20.1. The van der Waals surface area contributed by atoms with Crippen LogP contribution < -0.4 is 14.8 Å². The van der Waals surface area contributed by atoms with Crippen LogP contribution in [0.3, 0.4) is 0 Å². The molecular formula is C21H26N2O5. The molecule has 1 N–H and O–H groups in total. The van der Waals surface area contributed by atoms with E-state index in [-0.39, 0.29) is 24.3 Å². The lowest BCUT2D eigenvalue weighted by Crippen LogP contribution is -2.40. The van der Waals surface area contributed by atoms with Crippen molar-refractivity contribution >= 4 is 5.69 Å². The molecule has 150 valence electrons. The number of benzene rings is 2. The summed E-state index contributed by atoms with van der Waals surface area (Å²) in [5, 5.41) is 15.1. The van der Waals surface area contributed by atoms with E-state index in [0.29, 0.717) is 12.2 Å². The Hall–Kier alpha value is -2.64. The number of nitrogens with one attached hydrogen (secondary N) is 1. The molecule has 0 aromatic heterocycles. The minimum Gasteiger partial charge on any atom is -0.487 e. The van der Waals surface area contributed by atoms with E-state index in [1.807, 2.05) is 32.0 Å². The van der Waals surface area contributed by atoms with Crippen LogP contribution in [-0.2, 0) is 11.2 Å². The second-order valence-corrected chi connectivity index (χ2v) is 7.47. The maximum absolute atomic E-state index is 11.5. The van der Waals surface area contributed by atoms with Crippen LogP contribution in [0.25, 0.3) is 0 Å². The zero-order chi connectivity index (χ0) is 20.1. The van der Waals surface area contributed by atoms with Gasteiger partial charge in [0.2, 0.25) is 5.75 Å². The minimum absolute atomic E-state index is 0.0439. The summed E-state index contributed by atoms with van der Waals surface area (Å²) in [7, 11) is 1.47. The maximum Gasteiger partial charge on any atom is 0.311 e. The molecule has 1 aliphatic heterocycles. The van der Waals surface area contributed by atoms with E-state index >= 15 is 0 Å². The van der Waals surface area contributed by atoms with Gasteiger partial charge in [-0.25, -0.2) is 0 Å². The average molecular weight is 386 g/mol. The first-order chi connectivity index (χ1) is 13.4. The van der Waals surface area contributed by atoms with Crippen LogP contribution in [0, 0.1) is 10.1 Å². The Morgan fingerprint density at radius 1 is 1.29 bits per heavy atom. The van der Waals surface area contributed by atoms with Crippen LogP contribution in [0.5, 0.6) is 11.5 Å². The van der Waals surface area contributed by atoms with E-state index < -0.39 is 10.5 Å². The average Bonchev–Trinajstić information content (AvgIpc) is 2.65. The Kier molecular flexibility index (Phi) is 6.16. The van der Waals surface area contributed by atoms with Crippen molar-refractivity contribution in [3.8, 4) is 11.5 Å². The molecule has 0 spiro atoms. The molecular weight excluding hydrogens is 360 g/mol. The van der Waals surface area contributed by atoms with Gasteiger partial charge in [0.25, 0.3) is 0 Å². The van der Waals surface area contributed by atoms with Gasteiger partial charge in [-0.05, 0) is 32.4 Å². The Morgan fingerprint density at radius 2 is 2.04 bits per heavy atom. The fraction of sp³-hybridized carbons (Fsp3) is 0.429. The summed E-state index contributed by atoms with van der Waals surface area (Å²) in [6.45, 7) is 4.72. The van der Waals surface area contributed by atoms with E-state index in [1.165, 1.54) is 12.7 Å². The van der Waals surface area contributed by atoms with Gasteiger partial charge in [0.05, 0.1) is 4.92 Å². The normalized spacial score (nSPS) is 17.5. The number of hydrogen-bond donors (Lipinski definition) is 1. The van der Waals surface area contributed by atoms with Gasteiger partial charge in [0.1, 0.15) is 11.4 Å². The largest absolute Gasteiger partial charge is 0.487 e. The zero-order valence-electron chi connectivity index (χ0n) is 16.4. The molecule has 0 fully saturated rings. The summed E-state index contributed by atoms with van der Waals surface area (Å²) < 4.78 is 16.4. The van der Waals surface area contributed by atoms with Crippen LogP contribution in [0.1, 0.15) is 37.4 Å². The molecule has 0 bridgehead atoms. The summed E-state index contributed by atoms with van der Waals surface area (Å²) in [5.41, 5.74) is 1.54. The maximum atomic E-state index is 11.5. The summed E-state index contributed by atoms with van der Waals surface area (Å²) in [6, 6.07) is 13.3. The number of hydrogen-bond acceptors (Lipinski definition) is 6. The molecule has 7 heteroatoms. The number of rotatable bonds is 8. The van der Waals surface area contributed by atoms with Gasteiger partial charge in [-0.3, -0.25) is 10.1 Å². The van der Waals surface area contributed by atoms with Crippen LogP contribution in [0.4, 0.5) is 5.69 Å². The fourth-order valence-corrected chi connectivity index (χ4v) is 3.47. The molecule has 1 atom stereocenters. The number of fused-ring (bicyclic) bond motifs is 1. The van der Waals surface area contributed by atoms with Crippen molar-refractivity contribution in [2.24, 2.45) is 0 Å². The van der Waals surface area contributed by atoms with Gasteiger partial charge in [0, 0.05) is 37.3 Å². The van der Waals surface area contributed by atoms with E-state index in [4.69, 9.17) is 14.2 Å². The van der Waals surface area contributed by atoms with E-state index in [1.54, 1.807) is 12.1 Å². The van der Waals surface area contributed by atoms with Crippen molar-refractivity contribution in [3.63, 3.8) is 0 Å². The minimum atomic E-state index is -0.438. The smallest absolute Gasteiger partial charge is 0.311 e. The molecule has 7 nitrogen and oxygen atoms in total. The lowest BCUT2D eigenvalue weighted by molar-refractivity contribution is -0.386. The van der Waals surface area contributed by atoms with Gasteiger partial charge in [-0.1, -0.05) is 30.3 Å². The summed E-state index contributed by atoms with van der Waals surface area (Å²) in [5.74, 6) is 0.747. The molecule has 0 aliphatic carbocycles. The van der Waals surface area contributed by atoms with Gasteiger partial charge in [-0.15, -0.1) is 0 Å². The number of nitrogens with zero attached hydrogens (tertiary/aromatic N) is 1. The highest BCUT2D eigenvalue weighted by Gasteiger charge is 2.36. The van der Waals surface area contributed by atoms with Crippen LogP contribution in [0.2, 0.25) is 0 Å². The zero-order valence-corrected chi connectivity index (χ0v) is 16.4. The molecule has 1 heterocycles. The van der Waals surface area contributed by atoms with Crippen molar-refractivity contribution in [2.75, 3.05) is 20.4 Å². The predicted molar refractivity (Wildman–Crippen MR) is 106 cm³/mol. The number of methoxy groups -OCH3 is 1. The summed E-state index contributed by atoms with van der Waals surface area (Å²) >= 11 is 0. The molecule has 1 unspecified atom stereocenters. The molecule has 28 heavy (non-hydrogen) atoms. The Morgan fingerprint density at radius 3 is 2.71 bits per heavy atom. The highest BCUT2D eigenvalue weighted by atomic mass is 16.7. The highest BCUT2D eigenvalue weighted by Crippen LogP contribution is 2.44. The Bertz CT molecular complexity index is 823. The van der Waals surface area contributed by atoms with Crippen molar-refractivity contribution in [2.45, 2.75) is 38.3 Å². The lowest BCUT2D eigenvalue weighted by atomic mass is 9.89. The van der Waals surface area contributed by atoms with E-state index in [9.17, 15) is 10.1 Å². The molecule has 0 radical (unpaired) electrons. The SMILES string of the molecule is COCOc1cc2c(cc1[N+](=O)[O-])C(NCCc1ccccc1)CC(C)(C)O2. The van der Waals surface area contributed by atoms with E-state index in [2.05, 4.69) is 17.4 Å². The third kappa shape index (κ3) is 4.79. The number of ether oxygens (including phenoxy) is 3. The third-order valence-electron chi connectivity index (χ3n) is 4.72. The molecule has 2 aromatic rings. The van der Waals surface area contributed by atoms with Crippen LogP contribution in [-0.4, -0.2) is 31.0 Å². The van der Waals surface area contributed by atoms with Crippen molar-refractivity contribution in [1.82, 2.24) is 5.32 Å². The quantitative estimate of drug-likeness (QED) is 0.419. The molecule has 2 aromatic carbocycles. The molecule has 0 amide bonds. The summed E-state index contributed by atoms with van der Waals surface area (Å²) in [6.07, 6.45) is 1.59. The number of nitro benzene ring substituents is 1. The van der Waals surface area contributed by atoms with Crippen molar-refractivity contribution in [1.29, 1.82) is 0 Å². The second-order valence-electron chi connectivity index (χ2n) is 7.47. The highest BCUT2D eigenvalue weighted by molar-refractivity contribution is 5.56. The first-order valence-corrected chi connectivity index (χ1v) is 9.30. The summed E-state index contributed by atoms with van der Waals surface area (Å²) in [4.78, 5) is 11.1. The standard InChI is InChI=1S/C21H26N2O5/c1-21(2)13-17(22-10-9-15-7-5-4-6-8-15)16-11-18(23(24)25)20(27-14-26-3)12-19(16)28-21/h4-8,11-12,17,22H,9-10,13-14H2,1-3H3. The van der Waals surface area contributed by atoms with Gasteiger partial charge >= 0.3 is 5.69 Å². The molecule has 1 aliphatic rings. The fourth-order valence-electron chi connectivity index (χ4n) is 3.47. The Labute approximate surface area is 164 Å².